The zero-order chi connectivity index (χ0) is 11.2. The molecule has 2 N–H and O–H groups in total. The highest BCUT2D eigenvalue weighted by atomic mass is 32.2. The van der Waals surface area contributed by atoms with Crippen molar-refractivity contribution < 1.29 is 5.11 Å². The number of phenolic OH excluding ortho intramolecular Hbond substituents is 1. The summed E-state index contributed by atoms with van der Waals surface area (Å²) in [6, 6.07) is 7.51. The second-order valence-electron chi connectivity index (χ2n) is 4.35. The number of benzene rings is 1. The molecule has 0 saturated carbocycles. The fourth-order valence-corrected chi connectivity index (χ4v) is 3.10. The maximum atomic E-state index is 9.19. The Morgan fingerprint density at radius 2 is 2.00 bits per heavy atom. The van der Waals surface area contributed by atoms with Crippen LogP contribution in [0.3, 0.4) is 0 Å². The number of hydrogen-bond acceptors (Lipinski definition) is 3. The smallest absolute Gasteiger partial charge is 0.115 e. The normalized spacial score (nSPS) is 21.6. The highest BCUT2D eigenvalue weighted by Crippen LogP contribution is 2.26. The Balaban J connectivity index is 1.79. The molecule has 0 aromatic heterocycles. The van der Waals surface area contributed by atoms with Gasteiger partial charge in [0.15, 0.2) is 0 Å². The van der Waals surface area contributed by atoms with E-state index in [1.54, 1.807) is 12.1 Å². The van der Waals surface area contributed by atoms with Gasteiger partial charge < -0.3 is 10.4 Å². The topological polar surface area (TPSA) is 32.3 Å². The average molecular weight is 237 g/mol. The highest BCUT2D eigenvalue weighted by molar-refractivity contribution is 7.99. The number of hydrogen-bond donors (Lipinski definition) is 2. The molecule has 0 radical (unpaired) electrons. The average Bonchev–Trinajstić information content (AvgIpc) is 2.57. The van der Waals surface area contributed by atoms with Crippen LogP contribution in [0.2, 0.25) is 0 Å². The molecular weight excluding hydrogens is 218 g/mol. The Hall–Kier alpha value is -0.670. The molecule has 0 bridgehead atoms. The van der Waals surface area contributed by atoms with E-state index in [2.05, 4.69) is 5.32 Å². The molecule has 2 nitrogen and oxygen atoms in total. The van der Waals surface area contributed by atoms with Crippen molar-refractivity contribution in [3.8, 4) is 5.75 Å². The number of thioether (sulfide) groups is 1. The van der Waals surface area contributed by atoms with E-state index in [1.807, 2.05) is 23.9 Å². The lowest BCUT2D eigenvalue weighted by atomic mass is 10.0. The molecule has 1 aromatic rings. The predicted octanol–water partition coefficient (Wildman–Crippen LogP) is 2.87. The van der Waals surface area contributed by atoms with Crippen molar-refractivity contribution in [3.63, 3.8) is 0 Å². The molecule has 16 heavy (non-hydrogen) atoms. The van der Waals surface area contributed by atoms with Crippen molar-refractivity contribution in [1.29, 1.82) is 0 Å². The minimum Gasteiger partial charge on any atom is -0.508 e. The molecule has 2 rings (SSSR count). The van der Waals surface area contributed by atoms with Gasteiger partial charge in [-0.25, -0.2) is 0 Å². The molecule has 1 fully saturated rings. The van der Waals surface area contributed by atoms with E-state index in [-0.39, 0.29) is 0 Å². The lowest BCUT2D eigenvalue weighted by Gasteiger charge is -2.12. The third-order valence-electron chi connectivity index (χ3n) is 3.02. The van der Waals surface area contributed by atoms with E-state index in [9.17, 15) is 5.11 Å². The van der Waals surface area contributed by atoms with Crippen LogP contribution in [0, 0.1) is 5.92 Å². The Morgan fingerprint density at radius 3 is 2.81 bits per heavy atom. The van der Waals surface area contributed by atoms with Gasteiger partial charge >= 0.3 is 0 Å². The monoisotopic (exact) mass is 237 g/mol. The van der Waals surface area contributed by atoms with Gasteiger partial charge in [0.1, 0.15) is 5.75 Å². The van der Waals surface area contributed by atoms with Crippen LogP contribution < -0.4 is 5.32 Å². The Bertz CT molecular complexity index is 304. The molecule has 3 heteroatoms. The number of aromatic hydroxyl groups is 1. The quantitative estimate of drug-likeness (QED) is 0.793. The highest BCUT2D eigenvalue weighted by Gasteiger charge is 2.11. The number of phenols is 1. The summed E-state index contributed by atoms with van der Waals surface area (Å²) in [5, 5.41) is 12.6. The first-order valence-electron chi connectivity index (χ1n) is 5.97. The van der Waals surface area contributed by atoms with Crippen LogP contribution >= 0.6 is 11.8 Å². The van der Waals surface area contributed by atoms with Gasteiger partial charge in [-0.2, -0.15) is 0 Å². The van der Waals surface area contributed by atoms with Crippen molar-refractivity contribution in [2.45, 2.75) is 24.2 Å². The van der Waals surface area contributed by atoms with Gasteiger partial charge in [0.05, 0.1) is 0 Å². The molecule has 1 heterocycles. The summed E-state index contributed by atoms with van der Waals surface area (Å²) in [6.07, 6.45) is 3.95. The zero-order valence-electron chi connectivity index (χ0n) is 9.48. The van der Waals surface area contributed by atoms with Crippen LogP contribution in [-0.2, 0) is 0 Å². The molecule has 1 unspecified atom stereocenters. The lowest BCUT2D eigenvalue weighted by molar-refractivity contribution is 0.475. The summed E-state index contributed by atoms with van der Waals surface area (Å²) in [5.74, 6) is 2.39. The summed E-state index contributed by atoms with van der Waals surface area (Å²) >= 11 is 1.91. The lowest BCUT2D eigenvalue weighted by Crippen LogP contribution is -2.14. The van der Waals surface area contributed by atoms with E-state index in [4.69, 9.17) is 0 Å². The van der Waals surface area contributed by atoms with Gasteiger partial charge in [0, 0.05) is 10.6 Å². The van der Waals surface area contributed by atoms with Crippen LogP contribution in [-0.4, -0.2) is 23.9 Å². The van der Waals surface area contributed by atoms with Gasteiger partial charge in [-0.1, -0.05) is 0 Å². The van der Waals surface area contributed by atoms with Gasteiger partial charge in [0.2, 0.25) is 0 Å². The molecule has 0 spiro atoms. The molecule has 1 aliphatic rings. The van der Waals surface area contributed by atoms with Crippen LogP contribution in [0.25, 0.3) is 0 Å². The third kappa shape index (κ3) is 3.72. The molecule has 1 atom stereocenters. The maximum Gasteiger partial charge on any atom is 0.115 e. The summed E-state index contributed by atoms with van der Waals surface area (Å²) < 4.78 is 0. The standard InChI is InChI=1S/C13H19NOS/c15-12-3-5-13(6-4-12)16-10-11-2-1-8-14-9-7-11/h3-6,11,14-15H,1-2,7-10H2. The summed E-state index contributed by atoms with van der Waals surface area (Å²) in [5.41, 5.74) is 0. The SMILES string of the molecule is Oc1ccc(SCC2CCCNCC2)cc1. The van der Waals surface area contributed by atoms with Gasteiger partial charge in [0.25, 0.3) is 0 Å². The molecular formula is C13H19NOS. The van der Waals surface area contributed by atoms with E-state index < -0.39 is 0 Å². The van der Waals surface area contributed by atoms with E-state index in [1.165, 1.54) is 43.0 Å². The molecule has 0 aliphatic carbocycles. The van der Waals surface area contributed by atoms with Gasteiger partial charge in [-0.05, 0) is 62.5 Å². The van der Waals surface area contributed by atoms with Gasteiger partial charge in [-0.15, -0.1) is 11.8 Å². The predicted molar refractivity (Wildman–Crippen MR) is 69.0 cm³/mol. The number of rotatable bonds is 3. The van der Waals surface area contributed by atoms with Gasteiger partial charge in [-0.3, -0.25) is 0 Å². The first kappa shape index (κ1) is 11.8. The molecule has 0 amide bonds. The first-order chi connectivity index (χ1) is 7.84. The Morgan fingerprint density at radius 1 is 1.19 bits per heavy atom. The second-order valence-corrected chi connectivity index (χ2v) is 5.45. The van der Waals surface area contributed by atoms with Crippen LogP contribution in [0.4, 0.5) is 0 Å². The minimum absolute atomic E-state index is 0.350. The van der Waals surface area contributed by atoms with Crippen molar-refractivity contribution in [2.24, 2.45) is 5.92 Å². The van der Waals surface area contributed by atoms with Crippen LogP contribution in [0.15, 0.2) is 29.2 Å². The number of nitrogens with one attached hydrogen (secondary N) is 1. The summed E-state index contributed by atoms with van der Waals surface area (Å²) in [7, 11) is 0. The van der Waals surface area contributed by atoms with Crippen molar-refractivity contribution in [1.82, 2.24) is 5.32 Å². The zero-order valence-corrected chi connectivity index (χ0v) is 10.3. The second kappa shape index (κ2) is 6.16. The molecule has 1 saturated heterocycles. The summed E-state index contributed by atoms with van der Waals surface area (Å²) in [6.45, 7) is 2.35. The van der Waals surface area contributed by atoms with Crippen molar-refractivity contribution >= 4 is 11.8 Å². The minimum atomic E-state index is 0.350. The Kier molecular flexibility index (Phi) is 4.55. The molecule has 1 aliphatic heterocycles. The fraction of sp³-hybridized carbons (Fsp3) is 0.538. The molecule has 88 valence electrons. The Labute approximate surface area is 101 Å². The largest absolute Gasteiger partial charge is 0.508 e. The molecule has 1 aromatic carbocycles. The van der Waals surface area contributed by atoms with E-state index in [0.29, 0.717) is 5.75 Å². The fourth-order valence-electron chi connectivity index (χ4n) is 2.01. The first-order valence-corrected chi connectivity index (χ1v) is 6.96. The van der Waals surface area contributed by atoms with Crippen LogP contribution in [0.1, 0.15) is 19.3 Å². The van der Waals surface area contributed by atoms with E-state index in [0.717, 1.165) is 5.92 Å². The van der Waals surface area contributed by atoms with Crippen LogP contribution in [0.5, 0.6) is 5.75 Å². The summed E-state index contributed by atoms with van der Waals surface area (Å²) in [4.78, 5) is 1.26. The third-order valence-corrected chi connectivity index (χ3v) is 4.26. The maximum absolute atomic E-state index is 9.19. The van der Waals surface area contributed by atoms with Crippen molar-refractivity contribution in [3.05, 3.63) is 24.3 Å². The van der Waals surface area contributed by atoms with E-state index >= 15 is 0 Å². The van der Waals surface area contributed by atoms with Crippen molar-refractivity contribution in [2.75, 3.05) is 18.8 Å².